The third kappa shape index (κ3) is 5.26. The molecular weight excluding hydrogens is 260 g/mol. The third-order valence-corrected chi connectivity index (χ3v) is 2.71. The first-order chi connectivity index (χ1) is 9.58. The van der Waals surface area contributed by atoms with E-state index in [1.54, 1.807) is 29.9 Å². The molecule has 0 unspecified atom stereocenters. The van der Waals surface area contributed by atoms with E-state index in [0.29, 0.717) is 31.9 Å². The highest BCUT2D eigenvalue weighted by Gasteiger charge is 2.15. The maximum atomic E-state index is 11.5. The van der Waals surface area contributed by atoms with Crippen molar-refractivity contribution in [2.75, 3.05) is 27.3 Å². The number of nitrogens with zero attached hydrogens (tertiary/aromatic N) is 4. The van der Waals surface area contributed by atoms with Crippen LogP contribution in [0.25, 0.3) is 0 Å². The number of rotatable bonds is 9. The van der Waals surface area contributed by atoms with Gasteiger partial charge in [0.25, 0.3) is 0 Å². The molecule has 0 N–H and O–H groups in total. The van der Waals surface area contributed by atoms with Crippen molar-refractivity contribution in [3.05, 3.63) is 11.9 Å². The number of ether oxygens (including phenoxy) is 2. The predicted molar refractivity (Wildman–Crippen MR) is 73.9 cm³/mol. The highest BCUT2D eigenvalue weighted by Crippen LogP contribution is 2.15. The first-order valence-corrected chi connectivity index (χ1v) is 6.91. The zero-order valence-corrected chi connectivity index (χ0v) is 12.7. The SMILES string of the molecule is CCOC(OCC)c1cn(CCCC(=O)N(C)C)nn1. The Morgan fingerprint density at radius 2 is 2.00 bits per heavy atom. The normalized spacial score (nSPS) is 11.1. The number of carbonyl (C=O) groups excluding carboxylic acids is 1. The van der Waals surface area contributed by atoms with Crippen LogP contribution in [0, 0.1) is 0 Å². The standard InChI is InChI=1S/C13H24N4O3/c1-5-19-13(20-6-2)11-10-17(15-14-11)9-7-8-12(18)16(3)4/h10,13H,5-9H2,1-4H3. The molecule has 0 saturated heterocycles. The van der Waals surface area contributed by atoms with E-state index in [1.165, 1.54) is 0 Å². The number of aromatic nitrogens is 3. The third-order valence-electron chi connectivity index (χ3n) is 2.71. The summed E-state index contributed by atoms with van der Waals surface area (Å²) in [5.74, 6) is 0.117. The molecule has 0 atom stereocenters. The number of hydrogen-bond acceptors (Lipinski definition) is 5. The van der Waals surface area contributed by atoms with Crippen LogP contribution in [0.2, 0.25) is 0 Å². The summed E-state index contributed by atoms with van der Waals surface area (Å²) >= 11 is 0. The minimum absolute atomic E-state index is 0.117. The molecule has 1 heterocycles. The zero-order chi connectivity index (χ0) is 15.0. The quantitative estimate of drug-likeness (QED) is 0.638. The molecule has 0 spiro atoms. The van der Waals surface area contributed by atoms with Crippen LogP contribution < -0.4 is 0 Å². The Labute approximate surface area is 119 Å². The molecule has 0 aliphatic rings. The Morgan fingerprint density at radius 3 is 2.55 bits per heavy atom. The van der Waals surface area contributed by atoms with Gasteiger partial charge in [-0.1, -0.05) is 5.21 Å². The van der Waals surface area contributed by atoms with Gasteiger partial charge in [-0.2, -0.15) is 0 Å². The van der Waals surface area contributed by atoms with E-state index in [1.807, 2.05) is 13.8 Å². The lowest BCUT2D eigenvalue weighted by Gasteiger charge is -2.13. The van der Waals surface area contributed by atoms with Gasteiger partial charge in [0.2, 0.25) is 12.2 Å². The number of hydrogen-bond donors (Lipinski definition) is 0. The molecule has 1 aromatic heterocycles. The first-order valence-electron chi connectivity index (χ1n) is 6.91. The van der Waals surface area contributed by atoms with Gasteiger partial charge in [0, 0.05) is 40.3 Å². The van der Waals surface area contributed by atoms with Gasteiger partial charge in [-0.15, -0.1) is 5.10 Å². The first kappa shape index (κ1) is 16.6. The fraction of sp³-hybridized carbons (Fsp3) is 0.769. The van der Waals surface area contributed by atoms with E-state index in [2.05, 4.69) is 10.3 Å². The molecule has 0 fully saturated rings. The maximum Gasteiger partial charge on any atom is 0.222 e. The van der Waals surface area contributed by atoms with Crippen molar-refractivity contribution in [2.24, 2.45) is 0 Å². The van der Waals surface area contributed by atoms with Gasteiger partial charge in [0.15, 0.2) is 0 Å². The highest BCUT2D eigenvalue weighted by atomic mass is 16.7. The van der Waals surface area contributed by atoms with Gasteiger partial charge in [-0.3, -0.25) is 9.48 Å². The molecule has 7 heteroatoms. The van der Waals surface area contributed by atoms with Gasteiger partial charge in [-0.25, -0.2) is 0 Å². The zero-order valence-electron chi connectivity index (χ0n) is 12.7. The van der Waals surface area contributed by atoms with Crippen molar-refractivity contribution in [3.63, 3.8) is 0 Å². The number of amides is 1. The number of aryl methyl sites for hydroxylation is 1. The van der Waals surface area contributed by atoms with E-state index < -0.39 is 6.29 Å². The molecule has 0 saturated carbocycles. The Balaban J connectivity index is 2.47. The summed E-state index contributed by atoms with van der Waals surface area (Å²) in [4.78, 5) is 13.0. The summed E-state index contributed by atoms with van der Waals surface area (Å²) in [5.41, 5.74) is 0.660. The molecule has 1 amide bonds. The van der Waals surface area contributed by atoms with E-state index >= 15 is 0 Å². The molecule has 114 valence electrons. The minimum Gasteiger partial charge on any atom is -0.349 e. The van der Waals surface area contributed by atoms with E-state index in [0.717, 1.165) is 6.42 Å². The summed E-state index contributed by atoms with van der Waals surface area (Å²) < 4.78 is 12.6. The Bertz CT molecular complexity index is 400. The molecule has 7 nitrogen and oxygen atoms in total. The van der Waals surface area contributed by atoms with Crippen LogP contribution in [0.15, 0.2) is 6.20 Å². The predicted octanol–water partition coefficient (Wildman–Crippen LogP) is 1.22. The summed E-state index contributed by atoms with van der Waals surface area (Å²) in [6.45, 7) is 5.56. The molecular formula is C13H24N4O3. The second-order valence-electron chi connectivity index (χ2n) is 4.54. The van der Waals surface area contributed by atoms with Crippen LogP contribution in [0.5, 0.6) is 0 Å². The molecule has 0 aromatic carbocycles. The Morgan fingerprint density at radius 1 is 1.35 bits per heavy atom. The van der Waals surface area contributed by atoms with Crippen LogP contribution >= 0.6 is 0 Å². The second-order valence-corrected chi connectivity index (χ2v) is 4.54. The van der Waals surface area contributed by atoms with Crippen LogP contribution in [0.4, 0.5) is 0 Å². The molecule has 1 rings (SSSR count). The summed E-state index contributed by atoms with van der Waals surface area (Å²) in [5, 5.41) is 8.08. The lowest BCUT2D eigenvalue weighted by Crippen LogP contribution is -2.21. The lowest BCUT2D eigenvalue weighted by atomic mass is 10.3. The number of carbonyl (C=O) groups is 1. The average molecular weight is 284 g/mol. The maximum absolute atomic E-state index is 11.5. The molecule has 1 aromatic rings. The molecule has 20 heavy (non-hydrogen) atoms. The van der Waals surface area contributed by atoms with Gasteiger partial charge in [0.1, 0.15) is 5.69 Å². The Kier molecular flexibility index (Phi) is 7.17. The van der Waals surface area contributed by atoms with E-state index in [9.17, 15) is 4.79 Å². The van der Waals surface area contributed by atoms with Gasteiger partial charge >= 0.3 is 0 Å². The minimum atomic E-state index is -0.470. The van der Waals surface area contributed by atoms with Crippen molar-refractivity contribution in [1.29, 1.82) is 0 Å². The van der Waals surface area contributed by atoms with Crippen molar-refractivity contribution in [2.45, 2.75) is 39.5 Å². The van der Waals surface area contributed by atoms with Gasteiger partial charge < -0.3 is 14.4 Å². The summed E-state index contributed by atoms with van der Waals surface area (Å²) in [7, 11) is 3.51. The smallest absolute Gasteiger partial charge is 0.222 e. The van der Waals surface area contributed by atoms with Crippen molar-refractivity contribution < 1.29 is 14.3 Å². The van der Waals surface area contributed by atoms with Crippen molar-refractivity contribution in [3.8, 4) is 0 Å². The van der Waals surface area contributed by atoms with Gasteiger partial charge in [0.05, 0.1) is 6.20 Å². The molecule has 0 aliphatic heterocycles. The fourth-order valence-corrected chi connectivity index (χ4v) is 1.67. The van der Waals surface area contributed by atoms with Crippen LogP contribution in [-0.2, 0) is 20.8 Å². The molecule has 0 radical (unpaired) electrons. The van der Waals surface area contributed by atoms with Crippen molar-refractivity contribution in [1.82, 2.24) is 19.9 Å². The van der Waals surface area contributed by atoms with Crippen molar-refractivity contribution >= 4 is 5.91 Å². The topological polar surface area (TPSA) is 69.5 Å². The van der Waals surface area contributed by atoms with Crippen LogP contribution in [-0.4, -0.2) is 53.1 Å². The van der Waals surface area contributed by atoms with Crippen LogP contribution in [0.1, 0.15) is 38.7 Å². The van der Waals surface area contributed by atoms with E-state index in [4.69, 9.17) is 9.47 Å². The summed E-state index contributed by atoms with van der Waals surface area (Å²) in [6, 6.07) is 0. The largest absolute Gasteiger partial charge is 0.349 e. The molecule has 0 aliphatic carbocycles. The molecule has 0 bridgehead atoms. The van der Waals surface area contributed by atoms with Crippen LogP contribution in [0.3, 0.4) is 0 Å². The fourth-order valence-electron chi connectivity index (χ4n) is 1.67. The monoisotopic (exact) mass is 284 g/mol. The van der Waals surface area contributed by atoms with Gasteiger partial charge in [-0.05, 0) is 20.3 Å². The second kappa shape index (κ2) is 8.65. The highest BCUT2D eigenvalue weighted by molar-refractivity contribution is 5.75. The van der Waals surface area contributed by atoms with E-state index in [-0.39, 0.29) is 5.91 Å². The summed E-state index contributed by atoms with van der Waals surface area (Å²) in [6.07, 6.45) is 2.56. The average Bonchev–Trinajstić information content (AvgIpc) is 2.87. The Hall–Kier alpha value is -1.47. The lowest BCUT2D eigenvalue weighted by molar-refractivity contribution is -0.142.